The molecule has 268 valence electrons. The Kier molecular flexibility index (Phi) is 8.69. The SMILES string of the molecule is C=C(C)[C@@H]1CC[C@]2(CO[Si](c3ccccc3)(c3ccccc3)C(C)(C)C)CC[C@]3(C)[C@H](CC[C@@H]4[C@@]5(C)CC[C@H](O)C(C)(C)[C@@H]5CC[C@]43C)[C@@H]12. The molecule has 5 aliphatic rings. The monoisotopic (exact) mass is 680 g/mol. The first-order chi connectivity index (χ1) is 23.0. The lowest BCUT2D eigenvalue weighted by atomic mass is 9.32. The Morgan fingerprint density at radius 2 is 1.37 bits per heavy atom. The summed E-state index contributed by atoms with van der Waals surface area (Å²) in [6, 6.07) is 22.6. The van der Waals surface area contributed by atoms with E-state index in [0.717, 1.165) is 18.9 Å². The molecule has 0 heterocycles. The van der Waals surface area contributed by atoms with Crippen molar-refractivity contribution >= 4 is 18.7 Å². The largest absolute Gasteiger partial charge is 0.407 e. The van der Waals surface area contributed by atoms with Crippen molar-refractivity contribution in [3.8, 4) is 0 Å². The molecule has 0 bridgehead atoms. The van der Waals surface area contributed by atoms with Crippen molar-refractivity contribution in [2.45, 2.75) is 138 Å². The first-order valence-corrected chi connectivity index (χ1v) is 22.0. The van der Waals surface area contributed by atoms with Gasteiger partial charge in [0.2, 0.25) is 0 Å². The molecule has 0 spiro atoms. The quantitative estimate of drug-likeness (QED) is 0.243. The van der Waals surface area contributed by atoms with Crippen LogP contribution < -0.4 is 10.4 Å². The van der Waals surface area contributed by atoms with Crippen LogP contribution in [0.4, 0.5) is 0 Å². The van der Waals surface area contributed by atoms with Crippen LogP contribution in [0.1, 0.15) is 127 Å². The van der Waals surface area contributed by atoms with Crippen molar-refractivity contribution in [1.29, 1.82) is 0 Å². The van der Waals surface area contributed by atoms with Crippen LogP contribution in [0.2, 0.25) is 5.04 Å². The minimum Gasteiger partial charge on any atom is -0.407 e. The number of aliphatic hydroxyl groups is 1. The van der Waals surface area contributed by atoms with Crippen LogP contribution in [0.5, 0.6) is 0 Å². The van der Waals surface area contributed by atoms with Crippen molar-refractivity contribution < 1.29 is 9.53 Å². The Hall–Kier alpha value is -1.68. The molecule has 5 fully saturated rings. The number of allylic oxidation sites excluding steroid dienone is 1. The molecule has 7 rings (SSSR count). The van der Waals surface area contributed by atoms with Gasteiger partial charge in [0.1, 0.15) is 0 Å². The van der Waals surface area contributed by atoms with Gasteiger partial charge in [-0.15, -0.1) is 0 Å². The van der Waals surface area contributed by atoms with Crippen molar-refractivity contribution in [3.05, 3.63) is 72.8 Å². The number of fused-ring (bicyclic) bond motifs is 7. The molecule has 2 aromatic rings. The summed E-state index contributed by atoms with van der Waals surface area (Å²) >= 11 is 0. The summed E-state index contributed by atoms with van der Waals surface area (Å²) in [4.78, 5) is 0. The molecule has 1 N–H and O–H groups in total. The molecule has 49 heavy (non-hydrogen) atoms. The second kappa shape index (κ2) is 11.9. The van der Waals surface area contributed by atoms with Gasteiger partial charge >= 0.3 is 0 Å². The van der Waals surface area contributed by atoms with Gasteiger partial charge in [-0.1, -0.05) is 128 Å². The molecule has 0 aliphatic heterocycles. The summed E-state index contributed by atoms with van der Waals surface area (Å²) in [7, 11) is -2.64. The molecule has 0 saturated heterocycles. The molecule has 10 atom stereocenters. The highest BCUT2D eigenvalue weighted by Gasteiger charge is 2.71. The Balaban J connectivity index is 1.27. The van der Waals surface area contributed by atoms with Gasteiger partial charge in [-0.05, 0) is 143 Å². The van der Waals surface area contributed by atoms with Gasteiger partial charge in [0.15, 0.2) is 0 Å². The number of rotatable bonds is 6. The minimum atomic E-state index is -2.64. The number of benzene rings is 2. The highest BCUT2D eigenvalue weighted by molar-refractivity contribution is 6.99. The molecule has 0 radical (unpaired) electrons. The van der Waals surface area contributed by atoms with Gasteiger partial charge < -0.3 is 9.53 Å². The standard InChI is InChI=1S/C46H68O2Si/c1-32(2)35-23-28-46(31-48-49(41(3,4)5,33-17-13-11-14-18-33)34-19-15-12-16-20-34)30-29-44(9)36(40(35)46)21-22-38-43(8)26-25-39(47)42(6,7)37(43)24-27-45(38,44)10/h11-20,35-40,47H,1,21-31H2,2-10H3/t35-,36+,37-,38+,39-,40+,43-,44+,45+,46+/m0/s1. The summed E-state index contributed by atoms with van der Waals surface area (Å²) in [5.41, 5.74) is 2.56. The fraction of sp³-hybridized carbons (Fsp3) is 0.696. The zero-order valence-electron chi connectivity index (χ0n) is 32.6. The molecular formula is C46H68O2Si. The molecule has 5 aliphatic carbocycles. The Bertz CT molecular complexity index is 1490. The van der Waals surface area contributed by atoms with Crippen molar-refractivity contribution in [2.75, 3.05) is 6.61 Å². The molecule has 2 aromatic carbocycles. The van der Waals surface area contributed by atoms with E-state index in [9.17, 15) is 5.11 Å². The highest BCUT2D eigenvalue weighted by atomic mass is 28.4. The third-order valence-corrected chi connectivity index (χ3v) is 22.2. The van der Waals surface area contributed by atoms with E-state index in [1.165, 1.54) is 73.7 Å². The predicted octanol–water partition coefficient (Wildman–Crippen LogP) is 10.6. The minimum absolute atomic E-state index is 0.00257. The second-order valence-corrected chi connectivity index (χ2v) is 24.7. The van der Waals surface area contributed by atoms with Gasteiger partial charge in [-0.3, -0.25) is 0 Å². The maximum Gasteiger partial charge on any atom is 0.261 e. The van der Waals surface area contributed by atoms with Crippen molar-refractivity contribution in [3.63, 3.8) is 0 Å². The fourth-order valence-corrected chi connectivity index (χ4v) is 19.2. The molecule has 5 saturated carbocycles. The third-order valence-electron chi connectivity index (χ3n) is 17.2. The van der Waals surface area contributed by atoms with E-state index >= 15 is 0 Å². The molecular weight excluding hydrogens is 613 g/mol. The van der Waals surface area contributed by atoms with Gasteiger partial charge in [-0.2, -0.15) is 0 Å². The third kappa shape index (κ3) is 4.97. The van der Waals surface area contributed by atoms with Crippen LogP contribution >= 0.6 is 0 Å². The number of hydrogen-bond donors (Lipinski definition) is 1. The molecule has 0 unspecified atom stereocenters. The lowest BCUT2D eigenvalue weighted by molar-refractivity contribution is -0.249. The Morgan fingerprint density at radius 1 is 0.755 bits per heavy atom. The molecule has 0 amide bonds. The van der Waals surface area contributed by atoms with Gasteiger partial charge in [0, 0.05) is 6.61 Å². The Labute approximate surface area is 301 Å². The summed E-state index contributed by atoms with van der Waals surface area (Å²) in [5, 5.41) is 14.0. The first-order valence-electron chi connectivity index (χ1n) is 20.1. The van der Waals surface area contributed by atoms with E-state index < -0.39 is 8.32 Å². The van der Waals surface area contributed by atoms with Crippen LogP contribution in [0.25, 0.3) is 0 Å². The zero-order valence-corrected chi connectivity index (χ0v) is 33.6. The highest BCUT2D eigenvalue weighted by Crippen LogP contribution is 2.77. The summed E-state index contributed by atoms with van der Waals surface area (Å²) in [6.45, 7) is 28.1. The normalized spacial score (nSPS) is 41.6. The Morgan fingerprint density at radius 3 is 1.94 bits per heavy atom. The van der Waals surface area contributed by atoms with E-state index in [-0.39, 0.29) is 22.0 Å². The van der Waals surface area contributed by atoms with Crippen LogP contribution in [-0.2, 0) is 4.43 Å². The van der Waals surface area contributed by atoms with Crippen LogP contribution in [0.3, 0.4) is 0 Å². The van der Waals surface area contributed by atoms with Crippen molar-refractivity contribution in [2.24, 2.45) is 56.7 Å². The maximum absolute atomic E-state index is 11.2. The van der Waals surface area contributed by atoms with Gasteiger partial charge in [0.05, 0.1) is 6.10 Å². The van der Waals surface area contributed by atoms with Crippen molar-refractivity contribution in [1.82, 2.24) is 0 Å². The molecule has 0 aromatic heterocycles. The first kappa shape index (κ1) is 35.7. The molecule has 3 heteroatoms. The van der Waals surface area contributed by atoms with E-state index in [1.54, 1.807) is 0 Å². The van der Waals surface area contributed by atoms with Crippen LogP contribution in [-0.4, -0.2) is 26.1 Å². The lowest BCUT2D eigenvalue weighted by Gasteiger charge is -2.73. The van der Waals surface area contributed by atoms with E-state index in [1.807, 2.05) is 0 Å². The lowest BCUT2D eigenvalue weighted by Crippen LogP contribution is -2.69. The topological polar surface area (TPSA) is 29.5 Å². The van der Waals surface area contributed by atoms with E-state index in [0.29, 0.717) is 39.9 Å². The summed E-state index contributed by atoms with van der Waals surface area (Å²) < 4.78 is 7.89. The maximum atomic E-state index is 11.2. The average Bonchev–Trinajstić information content (AvgIpc) is 3.44. The van der Waals surface area contributed by atoms with Crippen LogP contribution in [0.15, 0.2) is 72.8 Å². The smallest absolute Gasteiger partial charge is 0.261 e. The van der Waals surface area contributed by atoms with Crippen LogP contribution in [0, 0.1) is 56.7 Å². The van der Waals surface area contributed by atoms with Gasteiger partial charge in [0.25, 0.3) is 8.32 Å². The summed E-state index contributed by atoms with van der Waals surface area (Å²) in [5.74, 6) is 3.27. The fourth-order valence-electron chi connectivity index (χ4n) is 14.5. The number of aliphatic hydroxyl groups excluding tert-OH is 1. The zero-order chi connectivity index (χ0) is 35.3. The second-order valence-electron chi connectivity index (χ2n) is 20.4. The van der Waals surface area contributed by atoms with E-state index in [2.05, 4.69) is 123 Å². The summed E-state index contributed by atoms with van der Waals surface area (Å²) in [6.07, 6.45) is 12.4. The average molecular weight is 681 g/mol. The van der Waals surface area contributed by atoms with Gasteiger partial charge in [-0.25, -0.2) is 0 Å². The van der Waals surface area contributed by atoms with E-state index in [4.69, 9.17) is 11.0 Å². The molecule has 2 nitrogen and oxygen atoms in total. The number of hydrogen-bond acceptors (Lipinski definition) is 2. The predicted molar refractivity (Wildman–Crippen MR) is 209 cm³/mol.